The number of amides is 1. The van der Waals surface area contributed by atoms with Gasteiger partial charge in [0.1, 0.15) is 5.75 Å². The van der Waals surface area contributed by atoms with E-state index in [4.69, 9.17) is 4.74 Å². The maximum Gasteiger partial charge on any atom is 0.226 e. The van der Waals surface area contributed by atoms with E-state index in [0.29, 0.717) is 19.6 Å². The van der Waals surface area contributed by atoms with E-state index in [2.05, 4.69) is 17.2 Å². The summed E-state index contributed by atoms with van der Waals surface area (Å²) >= 11 is 0. The van der Waals surface area contributed by atoms with Crippen LogP contribution in [0.1, 0.15) is 12.0 Å². The molecule has 1 heterocycles. The van der Waals surface area contributed by atoms with Crippen molar-refractivity contribution < 1.29 is 9.53 Å². The smallest absolute Gasteiger partial charge is 0.226 e. The van der Waals surface area contributed by atoms with Crippen LogP contribution in [0.2, 0.25) is 0 Å². The number of para-hydroxylation sites is 2. The molecule has 4 rings (SSSR count). The van der Waals surface area contributed by atoms with Gasteiger partial charge in [-0.15, -0.1) is 0 Å². The highest BCUT2D eigenvalue weighted by Gasteiger charge is 2.12. The summed E-state index contributed by atoms with van der Waals surface area (Å²) in [5, 5.41) is 4.39. The van der Waals surface area contributed by atoms with Crippen molar-refractivity contribution in [2.24, 2.45) is 0 Å². The molecule has 0 radical (unpaired) electrons. The first-order valence-corrected chi connectivity index (χ1v) is 10.3. The molecule has 0 saturated carbocycles. The van der Waals surface area contributed by atoms with E-state index in [1.807, 2.05) is 83.7 Å². The van der Waals surface area contributed by atoms with Gasteiger partial charge in [0.25, 0.3) is 0 Å². The zero-order valence-electron chi connectivity index (χ0n) is 17.5. The molecule has 0 bridgehead atoms. The standard InChI is InChI=1S/C26H25N3O2/c1-28(19-21-18-27-29(20-21)23-12-6-3-7-13-23)26(30)16-17-31-25-15-9-8-14-24(25)22-10-4-2-5-11-22/h2-15,18,20H,16-17,19H2,1H3. The molecule has 1 aromatic heterocycles. The molecule has 0 aliphatic carbocycles. The Morgan fingerprint density at radius 3 is 2.39 bits per heavy atom. The Morgan fingerprint density at radius 2 is 1.61 bits per heavy atom. The van der Waals surface area contributed by atoms with Crippen molar-refractivity contribution in [1.82, 2.24) is 14.7 Å². The van der Waals surface area contributed by atoms with Gasteiger partial charge in [-0.2, -0.15) is 5.10 Å². The van der Waals surface area contributed by atoms with Gasteiger partial charge in [0.2, 0.25) is 5.91 Å². The Kier molecular flexibility index (Phi) is 6.43. The van der Waals surface area contributed by atoms with E-state index in [1.54, 1.807) is 18.1 Å². The Balaban J connectivity index is 1.31. The fourth-order valence-corrected chi connectivity index (χ4v) is 3.41. The normalized spacial score (nSPS) is 10.6. The summed E-state index contributed by atoms with van der Waals surface area (Å²) in [5.74, 6) is 0.818. The summed E-state index contributed by atoms with van der Waals surface area (Å²) in [7, 11) is 1.81. The highest BCUT2D eigenvalue weighted by atomic mass is 16.5. The molecule has 0 spiro atoms. The molecule has 5 heteroatoms. The number of hydrogen-bond acceptors (Lipinski definition) is 3. The Bertz CT molecular complexity index is 1120. The van der Waals surface area contributed by atoms with Crippen molar-refractivity contribution in [3.05, 3.63) is 103 Å². The van der Waals surface area contributed by atoms with Gasteiger partial charge in [-0.05, 0) is 23.8 Å². The Hall–Kier alpha value is -3.86. The molecule has 0 atom stereocenters. The van der Waals surface area contributed by atoms with E-state index in [1.165, 1.54) is 0 Å². The lowest BCUT2D eigenvalue weighted by molar-refractivity contribution is -0.130. The summed E-state index contributed by atoms with van der Waals surface area (Å²) in [6.45, 7) is 0.836. The number of benzene rings is 3. The average Bonchev–Trinajstić information content (AvgIpc) is 3.29. The van der Waals surface area contributed by atoms with Crippen molar-refractivity contribution in [2.75, 3.05) is 13.7 Å². The van der Waals surface area contributed by atoms with Gasteiger partial charge in [0.15, 0.2) is 0 Å². The summed E-state index contributed by atoms with van der Waals surface area (Å²) in [6.07, 6.45) is 4.06. The van der Waals surface area contributed by atoms with E-state index in [-0.39, 0.29) is 5.91 Å². The van der Waals surface area contributed by atoms with Gasteiger partial charge in [-0.3, -0.25) is 4.79 Å². The lowest BCUT2D eigenvalue weighted by Crippen LogP contribution is -2.27. The van der Waals surface area contributed by atoms with Gasteiger partial charge < -0.3 is 9.64 Å². The van der Waals surface area contributed by atoms with Crippen molar-refractivity contribution >= 4 is 5.91 Å². The van der Waals surface area contributed by atoms with Crippen LogP contribution in [0.15, 0.2) is 97.3 Å². The summed E-state index contributed by atoms with van der Waals surface area (Å²) in [4.78, 5) is 14.3. The summed E-state index contributed by atoms with van der Waals surface area (Å²) in [5.41, 5.74) is 4.09. The van der Waals surface area contributed by atoms with E-state index >= 15 is 0 Å². The predicted octanol–water partition coefficient (Wildman–Crippen LogP) is 4.97. The molecule has 5 nitrogen and oxygen atoms in total. The number of nitrogens with zero attached hydrogens (tertiary/aromatic N) is 3. The van der Waals surface area contributed by atoms with Crippen molar-refractivity contribution in [3.8, 4) is 22.6 Å². The second kappa shape index (κ2) is 9.76. The third-order valence-electron chi connectivity index (χ3n) is 5.05. The number of rotatable bonds is 8. The van der Waals surface area contributed by atoms with Crippen LogP contribution in [-0.4, -0.2) is 34.2 Å². The average molecular weight is 412 g/mol. The number of hydrogen-bond donors (Lipinski definition) is 0. The quantitative estimate of drug-likeness (QED) is 0.411. The van der Waals surface area contributed by atoms with Gasteiger partial charge in [0.05, 0.1) is 24.9 Å². The molecule has 0 aliphatic rings. The zero-order valence-corrected chi connectivity index (χ0v) is 17.5. The second-order valence-corrected chi connectivity index (χ2v) is 7.34. The number of ether oxygens (including phenoxy) is 1. The number of carbonyl (C=O) groups is 1. The second-order valence-electron chi connectivity index (χ2n) is 7.34. The van der Waals surface area contributed by atoms with Gasteiger partial charge >= 0.3 is 0 Å². The van der Waals surface area contributed by atoms with Crippen molar-refractivity contribution in [2.45, 2.75) is 13.0 Å². The maximum atomic E-state index is 12.6. The molecule has 1 amide bonds. The lowest BCUT2D eigenvalue weighted by Gasteiger charge is -2.17. The molecule has 0 fully saturated rings. The molecule has 31 heavy (non-hydrogen) atoms. The first-order valence-electron chi connectivity index (χ1n) is 10.3. The minimum atomic E-state index is 0.0321. The molecular formula is C26H25N3O2. The zero-order chi connectivity index (χ0) is 21.5. The van der Waals surface area contributed by atoms with E-state index in [9.17, 15) is 4.79 Å². The van der Waals surface area contributed by atoms with Crippen LogP contribution >= 0.6 is 0 Å². The first kappa shape index (κ1) is 20.4. The van der Waals surface area contributed by atoms with Gasteiger partial charge in [0, 0.05) is 30.9 Å². The highest BCUT2D eigenvalue weighted by molar-refractivity contribution is 5.76. The molecule has 0 aliphatic heterocycles. The Labute approximate surface area is 182 Å². The number of carbonyl (C=O) groups excluding carboxylic acids is 1. The molecule has 3 aromatic carbocycles. The first-order chi connectivity index (χ1) is 15.2. The highest BCUT2D eigenvalue weighted by Crippen LogP contribution is 2.29. The lowest BCUT2D eigenvalue weighted by atomic mass is 10.1. The third kappa shape index (κ3) is 5.20. The molecule has 156 valence electrons. The fraction of sp³-hybridized carbons (Fsp3) is 0.154. The fourth-order valence-electron chi connectivity index (χ4n) is 3.41. The molecule has 0 unspecified atom stereocenters. The van der Waals surface area contributed by atoms with E-state index in [0.717, 1.165) is 28.1 Å². The minimum Gasteiger partial charge on any atom is -0.492 e. The molecular weight excluding hydrogens is 386 g/mol. The topological polar surface area (TPSA) is 47.4 Å². The Morgan fingerprint density at radius 1 is 0.935 bits per heavy atom. The van der Waals surface area contributed by atoms with Crippen LogP contribution in [0.5, 0.6) is 5.75 Å². The van der Waals surface area contributed by atoms with Crippen LogP contribution in [0.3, 0.4) is 0 Å². The third-order valence-corrected chi connectivity index (χ3v) is 5.05. The monoisotopic (exact) mass is 411 g/mol. The number of aromatic nitrogens is 2. The summed E-state index contributed by atoms with van der Waals surface area (Å²) < 4.78 is 7.78. The molecule has 0 N–H and O–H groups in total. The molecule has 4 aromatic rings. The van der Waals surface area contributed by atoms with Crippen LogP contribution in [0, 0.1) is 0 Å². The predicted molar refractivity (Wildman–Crippen MR) is 122 cm³/mol. The van der Waals surface area contributed by atoms with Crippen LogP contribution < -0.4 is 4.74 Å². The van der Waals surface area contributed by atoms with Crippen LogP contribution in [0.4, 0.5) is 0 Å². The van der Waals surface area contributed by atoms with Crippen LogP contribution in [0.25, 0.3) is 16.8 Å². The minimum absolute atomic E-state index is 0.0321. The molecule has 0 saturated heterocycles. The summed E-state index contributed by atoms with van der Waals surface area (Å²) in [6, 6.07) is 27.9. The maximum absolute atomic E-state index is 12.6. The van der Waals surface area contributed by atoms with Gasteiger partial charge in [-0.25, -0.2) is 4.68 Å². The van der Waals surface area contributed by atoms with Gasteiger partial charge in [-0.1, -0.05) is 66.7 Å². The largest absolute Gasteiger partial charge is 0.492 e. The SMILES string of the molecule is CN(Cc1cnn(-c2ccccc2)c1)C(=O)CCOc1ccccc1-c1ccccc1. The van der Waals surface area contributed by atoms with Crippen LogP contribution in [-0.2, 0) is 11.3 Å². The van der Waals surface area contributed by atoms with Crippen molar-refractivity contribution in [1.29, 1.82) is 0 Å². The van der Waals surface area contributed by atoms with E-state index < -0.39 is 0 Å². The van der Waals surface area contributed by atoms with Crippen molar-refractivity contribution in [3.63, 3.8) is 0 Å².